The standard InChI is InChI=1S/C16H20N6O2/c1-9-2-4-21(9)15-18-14-17-3-5-22(14)16(19-15)20-7-11-10(6-13(23)24)12(11)8-20/h3,5,9-12H,2,4,6-8H2,1H3,(H,23,24)/t9-,10-,11-,12+/m0/s1. The molecule has 4 atom stereocenters. The van der Waals surface area contributed by atoms with Crippen LogP contribution in [-0.2, 0) is 4.79 Å². The molecule has 2 saturated heterocycles. The van der Waals surface area contributed by atoms with E-state index in [4.69, 9.17) is 10.1 Å². The fourth-order valence-corrected chi connectivity index (χ4v) is 4.27. The number of fused-ring (bicyclic) bond motifs is 2. The van der Waals surface area contributed by atoms with Crippen LogP contribution >= 0.6 is 0 Å². The maximum atomic E-state index is 10.9. The van der Waals surface area contributed by atoms with Crippen molar-refractivity contribution in [2.45, 2.75) is 25.8 Å². The number of anilines is 2. The second-order valence-electron chi connectivity index (χ2n) is 7.25. The molecule has 2 aromatic rings. The fraction of sp³-hybridized carbons (Fsp3) is 0.625. The predicted molar refractivity (Wildman–Crippen MR) is 87.1 cm³/mol. The Balaban J connectivity index is 1.43. The van der Waals surface area contributed by atoms with Gasteiger partial charge in [0, 0.05) is 44.5 Å². The van der Waals surface area contributed by atoms with Gasteiger partial charge in [-0.3, -0.25) is 9.20 Å². The maximum Gasteiger partial charge on any atom is 0.303 e. The number of hydrogen-bond acceptors (Lipinski definition) is 6. The van der Waals surface area contributed by atoms with Gasteiger partial charge in [0.2, 0.25) is 17.7 Å². The Morgan fingerprint density at radius 1 is 1.33 bits per heavy atom. The van der Waals surface area contributed by atoms with Crippen molar-refractivity contribution in [3.05, 3.63) is 12.4 Å². The van der Waals surface area contributed by atoms with Crippen molar-refractivity contribution in [2.75, 3.05) is 29.4 Å². The maximum absolute atomic E-state index is 10.9. The monoisotopic (exact) mass is 328 g/mol. The Morgan fingerprint density at radius 3 is 2.75 bits per heavy atom. The number of rotatable bonds is 4. The van der Waals surface area contributed by atoms with Gasteiger partial charge in [0.15, 0.2) is 0 Å². The number of carbonyl (C=O) groups is 1. The van der Waals surface area contributed by atoms with Gasteiger partial charge >= 0.3 is 5.97 Å². The van der Waals surface area contributed by atoms with Crippen LogP contribution in [0, 0.1) is 17.8 Å². The number of piperidine rings is 1. The highest BCUT2D eigenvalue weighted by Crippen LogP contribution is 2.54. The first kappa shape index (κ1) is 14.0. The third-order valence-corrected chi connectivity index (χ3v) is 5.88. The number of carboxylic acid groups (broad SMARTS) is 1. The lowest BCUT2D eigenvalue weighted by Crippen LogP contribution is -2.47. The summed E-state index contributed by atoms with van der Waals surface area (Å²) >= 11 is 0. The summed E-state index contributed by atoms with van der Waals surface area (Å²) in [7, 11) is 0. The molecule has 1 N–H and O–H groups in total. The van der Waals surface area contributed by atoms with Crippen LogP contribution in [-0.4, -0.2) is 56.1 Å². The van der Waals surface area contributed by atoms with Crippen molar-refractivity contribution in [3.63, 3.8) is 0 Å². The van der Waals surface area contributed by atoms with E-state index in [0.29, 0.717) is 36.0 Å². The zero-order valence-electron chi connectivity index (χ0n) is 13.5. The first-order chi connectivity index (χ1) is 11.6. The molecule has 2 aromatic heterocycles. The average Bonchev–Trinajstić information content (AvgIpc) is 2.97. The highest BCUT2D eigenvalue weighted by atomic mass is 16.4. The molecule has 2 aliphatic heterocycles. The molecule has 0 amide bonds. The SMILES string of the molecule is C[C@H]1CCN1c1nc(N2C[C@@H]3[C@@H](CC(=O)O)[C@@H]3C2)n2ccnc2n1. The Labute approximate surface area is 139 Å². The molecule has 3 aliphatic rings. The number of imidazole rings is 1. The number of aromatic nitrogens is 4. The minimum Gasteiger partial charge on any atom is -0.481 e. The smallest absolute Gasteiger partial charge is 0.303 e. The topological polar surface area (TPSA) is 86.9 Å². The quantitative estimate of drug-likeness (QED) is 0.891. The number of nitrogens with zero attached hydrogens (tertiary/aromatic N) is 6. The van der Waals surface area contributed by atoms with E-state index >= 15 is 0 Å². The van der Waals surface area contributed by atoms with Crippen LogP contribution in [0.15, 0.2) is 12.4 Å². The first-order valence-electron chi connectivity index (χ1n) is 8.56. The molecule has 0 unspecified atom stereocenters. The molecule has 5 rings (SSSR count). The first-order valence-corrected chi connectivity index (χ1v) is 8.56. The lowest BCUT2D eigenvalue weighted by Gasteiger charge is -2.39. The molecule has 126 valence electrons. The summed E-state index contributed by atoms with van der Waals surface area (Å²) in [5.74, 6) is 2.94. The van der Waals surface area contributed by atoms with Gasteiger partial charge in [-0.15, -0.1) is 0 Å². The highest BCUT2D eigenvalue weighted by molar-refractivity contribution is 5.68. The number of hydrogen-bond donors (Lipinski definition) is 1. The zero-order valence-corrected chi connectivity index (χ0v) is 13.5. The van der Waals surface area contributed by atoms with E-state index in [9.17, 15) is 4.79 Å². The van der Waals surface area contributed by atoms with Crippen molar-refractivity contribution in [1.29, 1.82) is 0 Å². The normalized spacial score (nSPS) is 31.2. The molecule has 24 heavy (non-hydrogen) atoms. The summed E-state index contributed by atoms with van der Waals surface area (Å²) in [5, 5.41) is 8.98. The lowest BCUT2D eigenvalue weighted by atomic mass is 10.1. The van der Waals surface area contributed by atoms with Crippen LogP contribution in [0.1, 0.15) is 19.8 Å². The molecule has 3 fully saturated rings. The third kappa shape index (κ3) is 1.98. The van der Waals surface area contributed by atoms with Gasteiger partial charge in [-0.25, -0.2) is 4.98 Å². The van der Waals surface area contributed by atoms with E-state index in [1.54, 1.807) is 6.20 Å². The van der Waals surface area contributed by atoms with Crippen molar-refractivity contribution >= 4 is 23.6 Å². The molecule has 1 aliphatic carbocycles. The van der Waals surface area contributed by atoms with E-state index in [2.05, 4.69) is 26.7 Å². The van der Waals surface area contributed by atoms with Crippen molar-refractivity contribution in [1.82, 2.24) is 19.4 Å². The Bertz CT molecular complexity index is 808. The highest BCUT2D eigenvalue weighted by Gasteiger charge is 2.56. The van der Waals surface area contributed by atoms with Crippen molar-refractivity contribution < 1.29 is 9.90 Å². The molecule has 1 saturated carbocycles. The molecular formula is C16H20N6O2. The summed E-state index contributed by atoms with van der Waals surface area (Å²) in [6, 6.07) is 0.474. The predicted octanol–water partition coefficient (Wildman–Crippen LogP) is 0.880. The van der Waals surface area contributed by atoms with Gasteiger partial charge in [-0.05, 0) is 31.1 Å². The summed E-state index contributed by atoms with van der Waals surface area (Å²) < 4.78 is 1.94. The second-order valence-corrected chi connectivity index (χ2v) is 7.25. The number of carboxylic acids is 1. The largest absolute Gasteiger partial charge is 0.481 e. The summed E-state index contributed by atoms with van der Waals surface area (Å²) in [6.07, 6.45) is 5.11. The Hall–Kier alpha value is -2.38. The fourth-order valence-electron chi connectivity index (χ4n) is 4.27. The molecule has 8 heteroatoms. The lowest BCUT2D eigenvalue weighted by molar-refractivity contribution is -0.137. The summed E-state index contributed by atoms with van der Waals surface area (Å²) in [4.78, 5) is 29.1. The van der Waals surface area contributed by atoms with E-state index in [1.807, 2.05) is 10.6 Å². The summed E-state index contributed by atoms with van der Waals surface area (Å²) in [6.45, 7) is 4.93. The van der Waals surface area contributed by atoms with Gasteiger partial charge in [0.25, 0.3) is 0 Å². The van der Waals surface area contributed by atoms with Crippen LogP contribution in [0.25, 0.3) is 5.78 Å². The van der Waals surface area contributed by atoms with Crippen LogP contribution in [0.3, 0.4) is 0 Å². The van der Waals surface area contributed by atoms with Gasteiger partial charge in [0.05, 0.1) is 0 Å². The molecule has 0 radical (unpaired) electrons. The Morgan fingerprint density at radius 2 is 2.12 bits per heavy atom. The molecule has 0 aromatic carbocycles. The minimum absolute atomic E-state index is 0.296. The van der Waals surface area contributed by atoms with E-state index in [-0.39, 0.29) is 0 Å². The molecule has 0 spiro atoms. The van der Waals surface area contributed by atoms with Crippen LogP contribution in [0.4, 0.5) is 11.9 Å². The minimum atomic E-state index is -0.686. The second kappa shape index (κ2) is 4.81. The van der Waals surface area contributed by atoms with Gasteiger partial charge in [0.1, 0.15) is 0 Å². The third-order valence-electron chi connectivity index (χ3n) is 5.88. The van der Waals surface area contributed by atoms with Gasteiger partial charge in [-0.2, -0.15) is 9.97 Å². The summed E-state index contributed by atoms with van der Waals surface area (Å²) in [5.41, 5.74) is 0. The molecule has 4 heterocycles. The zero-order chi connectivity index (χ0) is 16.4. The van der Waals surface area contributed by atoms with E-state index in [1.165, 1.54) is 6.42 Å². The van der Waals surface area contributed by atoms with Crippen molar-refractivity contribution in [3.8, 4) is 0 Å². The van der Waals surface area contributed by atoms with Crippen LogP contribution < -0.4 is 9.80 Å². The molecule has 0 bridgehead atoms. The molecular weight excluding hydrogens is 308 g/mol. The number of aliphatic carboxylic acids is 1. The van der Waals surface area contributed by atoms with Crippen LogP contribution in [0.5, 0.6) is 0 Å². The Kier molecular flexibility index (Phi) is 2.81. The van der Waals surface area contributed by atoms with Gasteiger partial charge in [-0.1, -0.05) is 0 Å². The van der Waals surface area contributed by atoms with Gasteiger partial charge < -0.3 is 14.9 Å². The van der Waals surface area contributed by atoms with E-state index in [0.717, 1.165) is 31.5 Å². The molecule has 8 nitrogen and oxygen atoms in total. The average molecular weight is 328 g/mol. The van der Waals surface area contributed by atoms with E-state index < -0.39 is 5.97 Å². The van der Waals surface area contributed by atoms with Crippen molar-refractivity contribution in [2.24, 2.45) is 17.8 Å². The van der Waals surface area contributed by atoms with Crippen LogP contribution in [0.2, 0.25) is 0 Å².